The lowest BCUT2D eigenvalue weighted by atomic mass is 9.95. The third-order valence-electron chi connectivity index (χ3n) is 2.51. The summed E-state index contributed by atoms with van der Waals surface area (Å²) >= 11 is 0. The van der Waals surface area contributed by atoms with E-state index in [0.717, 1.165) is 0 Å². The number of hydrogen-bond donors (Lipinski definition) is 1. The lowest BCUT2D eigenvalue weighted by molar-refractivity contribution is -0.138. The van der Waals surface area contributed by atoms with Crippen LogP contribution in [0.4, 0.5) is 0 Å². The van der Waals surface area contributed by atoms with Gasteiger partial charge in [-0.25, -0.2) is 0 Å². The first-order chi connectivity index (χ1) is 8.13. The van der Waals surface area contributed by atoms with Crippen LogP contribution < -0.4 is 9.47 Å². The summed E-state index contributed by atoms with van der Waals surface area (Å²) in [5.41, 5.74) is 0.676. The fourth-order valence-electron chi connectivity index (χ4n) is 1.62. The van der Waals surface area contributed by atoms with Gasteiger partial charge >= 0.3 is 5.97 Å². The first-order valence-electron chi connectivity index (χ1n) is 5.19. The summed E-state index contributed by atoms with van der Waals surface area (Å²) in [7, 11) is 3.06. The number of ether oxygens (including phenoxy) is 2. The number of methoxy groups -OCH3 is 2. The summed E-state index contributed by atoms with van der Waals surface area (Å²) in [6.07, 6.45) is 1.97. The molecule has 0 aliphatic heterocycles. The summed E-state index contributed by atoms with van der Waals surface area (Å²) in [6.45, 7) is 3.57. The molecule has 4 nitrogen and oxygen atoms in total. The van der Waals surface area contributed by atoms with Gasteiger partial charge in [-0.3, -0.25) is 4.79 Å². The van der Waals surface area contributed by atoms with Gasteiger partial charge in [-0.15, -0.1) is 6.58 Å². The number of allylic oxidation sites excluding steroid dienone is 1. The maximum atomic E-state index is 11.1. The lowest BCUT2D eigenvalue weighted by Gasteiger charge is -2.13. The van der Waals surface area contributed by atoms with Crippen molar-refractivity contribution >= 4 is 5.97 Å². The second-order valence-corrected chi connectivity index (χ2v) is 3.53. The average Bonchev–Trinajstić information content (AvgIpc) is 2.34. The number of carboxylic acid groups (broad SMARTS) is 1. The Balaban J connectivity index is 3.12. The van der Waals surface area contributed by atoms with Crippen molar-refractivity contribution < 1.29 is 19.4 Å². The minimum absolute atomic E-state index is 0.380. The molecule has 1 aromatic rings. The van der Waals surface area contributed by atoms with Crippen molar-refractivity contribution in [1.29, 1.82) is 0 Å². The third-order valence-corrected chi connectivity index (χ3v) is 2.51. The Hall–Kier alpha value is -1.97. The fourth-order valence-corrected chi connectivity index (χ4v) is 1.62. The zero-order valence-corrected chi connectivity index (χ0v) is 9.97. The van der Waals surface area contributed by atoms with Gasteiger partial charge in [0.2, 0.25) is 0 Å². The Labute approximate surface area is 100 Å². The van der Waals surface area contributed by atoms with E-state index in [4.69, 9.17) is 14.6 Å². The summed E-state index contributed by atoms with van der Waals surface area (Å²) in [5.74, 6) is -0.372. The van der Waals surface area contributed by atoms with Gasteiger partial charge < -0.3 is 14.6 Å². The maximum Gasteiger partial charge on any atom is 0.311 e. The first-order valence-corrected chi connectivity index (χ1v) is 5.19. The molecular formula is C13H16O4. The van der Waals surface area contributed by atoms with Crippen molar-refractivity contribution in [3.63, 3.8) is 0 Å². The zero-order valence-electron chi connectivity index (χ0n) is 9.97. The highest BCUT2D eigenvalue weighted by Crippen LogP contribution is 2.31. The normalized spacial score (nSPS) is 11.6. The number of aliphatic carboxylic acids is 1. The van der Waals surface area contributed by atoms with Crippen molar-refractivity contribution in [2.45, 2.75) is 12.3 Å². The van der Waals surface area contributed by atoms with Crippen molar-refractivity contribution in [3.8, 4) is 11.5 Å². The minimum atomic E-state index is -0.878. The first kappa shape index (κ1) is 13.1. The van der Waals surface area contributed by atoms with E-state index in [9.17, 15) is 4.79 Å². The predicted molar refractivity (Wildman–Crippen MR) is 64.7 cm³/mol. The van der Waals surface area contributed by atoms with Gasteiger partial charge in [-0.1, -0.05) is 12.1 Å². The lowest BCUT2D eigenvalue weighted by Crippen LogP contribution is -2.11. The Morgan fingerprint density at radius 1 is 1.41 bits per heavy atom. The van der Waals surface area contributed by atoms with Crippen LogP contribution in [-0.4, -0.2) is 25.3 Å². The van der Waals surface area contributed by atoms with Gasteiger partial charge in [-0.05, 0) is 24.1 Å². The molecule has 0 fully saturated rings. The smallest absolute Gasteiger partial charge is 0.311 e. The highest BCUT2D eigenvalue weighted by Gasteiger charge is 2.19. The van der Waals surface area contributed by atoms with E-state index in [0.29, 0.717) is 23.5 Å². The van der Waals surface area contributed by atoms with Crippen LogP contribution in [0, 0.1) is 0 Å². The van der Waals surface area contributed by atoms with Gasteiger partial charge in [0.1, 0.15) is 0 Å². The molecule has 0 spiro atoms. The predicted octanol–water partition coefficient (Wildman–Crippen LogP) is 2.45. The molecule has 0 aliphatic rings. The molecule has 0 bridgehead atoms. The number of rotatable bonds is 6. The summed E-state index contributed by atoms with van der Waals surface area (Å²) in [5, 5.41) is 9.13. The summed E-state index contributed by atoms with van der Waals surface area (Å²) in [6, 6.07) is 5.11. The number of carbonyl (C=O) groups is 1. The molecule has 17 heavy (non-hydrogen) atoms. The van der Waals surface area contributed by atoms with Crippen LogP contribution >= 0.6 is 0 Å². The molecule has 4 heteroatoms. The SMILES string of the molecule is C=CCC(C(=O)O)c1ccc(OC)c(OC)c1. The van der Waals surface area contributed by atoms with Crippen LogP contribution in [-0.2, 0) is 4.79 Å². The highest BCUT2D eigenvalue weighted by molar-refractivity contribution is 5.76. The van der Waals surface area contributed by atoms with Gasteiger partial charge in [0.05, 0.1) is 20.1 Å². The molecule has 92 valence electrons. The molecule has 0 heterocycles. The zero-order chi connectivity index (χ0) is 12.8. The van der Waals surface area contributed by atoms with Crippen LogP contribution in [0.15, 0.2) is 30.9 Å². The van der Waals surface area contributed by atoms with E-state index in [1.165, 1.54) is 14.2 Å². The molecule has 0 aromatic heterocycles. The fraction of sp³-hybridized carbons (Fsp3) is 0.308. The van der Waals surface area contributed by atoms with Crippen LogP contribution in [0.3, 0.4) is 0 Å². The van der Waals surface area contributed by atoms with Gasteiger partial charge in [0.15, 0.2) is 11.5 Å². The van der Waals surface area contributed by atoms with Gasteiger partial charge in [-0.2, -0.15) is 0 Å². The van der Waals surface area contributed by atoms with Crippen molar-refractivity contribution in [2.24, 2.45) is 0 Å². The molecule has 1 atom stereocenters. The highest BCUT2D eigenvalue weighted by atomic mass is 16.5. The van der Waals surface area contributed by atoms with Gasteiger partial charge in [0.25, 0.3) is 0 Å². The molecule has 0 saturated carbocycles. The standard InChI is InChI=1S/C13H16O4/c1-4-5-10(13(14)15)9-6-7-11(16-2)12(8-9)17-3/h4,6-8,10H,1,5H2,2-3H3,(H,14,15). The molecule has 1 rings (SSSR count). The monoisotopic (exact) mass is 236 g/mol. The van der Waals surface area contributed by atoms with Crippen molar-refractivity contribution in [1.82, 2.24) is 0 Å². The third kappa shape index (κ3) is 3.00. The topological polar surface area (TPSA) is 55.8 Å². The molecule has 1 aromatic carbocycles. The quantitative estimate of drug-likeness (QED) is 0.771. The number of benzene rings is 1. The van der Waals surface area contributed by atoms with E-state index in [1.54, 1.807) is 24.3 Å². The van der Waals surface area contributed by atoms with Crippen LogP contribution in [0.25, 0.3) is 0 Å². The number of hydrogen-bond acceptors (Lipinski definition) is 3. The average molecular weight is 236 g/mol. The molecule has 1 N–H and O–H groups in total. The molecule has 1 unspecified atom stereocenters. The Morgan fingerprint density at radius 2 is 2.06 bits per heavy atom. The Kier molecular flexibility index (Phi) is 4.57. The van der Waals surface area contributed by atoms with E-state index >= 15 is 0 Å². The largest absolute Gasteiger partial charge is 0.493 e. The second-order valence-electron chi connectivity index (χ2n) is 3.53. The number of carboxylic acids is 1. The van der Waals surface area contributed by atoms with E-state index in [1.807, 2.05) is 0 Å². The minimum Gasteiger partial charge on any atom is -0.493 e. The van der Waals surface area contributed by atoms with E-state index in [-0.39, 0.29) is 0 Å². The summed E-state index contributed by atoms with van der Waals surface area (Å²) < 4.78 is 10.2. The van der Waals surface area contributed by atoms with Crippen molar-refractivity contribution in [2.75, 3.05) is 14.2 Å². The molecule has 0 amide bonds. The van der Waals surface area contributed by atoms with E-state index in [2.05, 4.69) is 6.58 Å². The molecule has 0 radical (unpaired) electrons. The molecule has 0 saturated heterocycles. The molecular weight excluding hydrogens is 220 g/mol. The second kappa shape index (κ2) is 5.94. The van der Waals surface area contributed by atoms with E-state index < -0.39 is 11.9 Å². The van der Waals surface area contributed by atoms with Crippen molar-refractivity contribution in [3.05, 3.63) is 36.4 Å². The Morgan fingerprint density at radius 3 is 2.53 bits per heavy atom. The van der Waals surface area contributed by atoms with Crippen LogP contribution in [0.2, 0.25) is 0 Å². The Bertz CT molecular complexity index is 412. The van der Waals surface area contributed by atoms with Crippen LogP contribution in [0.5, 0.6) is 11.5 Å². The van der Waals surface area contributed by atoms with Crippen LogP contribution in [0.1, 0.15) is 17.9 Å². The molecule has 0 aliphatic carbocycles. The maximum absolute atomic E-state index is 11.1. The van der Waals surface area contributed by atoms with Gasteiger partial charge in [0, 0.05) is 0 Å². The summed E-state index contributed by atoms with van der Waals surface area (Å²) in [4.78, 5) is 11.1.